The quantitative estimate of drug-likeness (QED) is 0.739. The molecule has 0 unspecified atom stereocenters. The molecule has 3 rings (SSSR count). The van der Waals surface area contributed by atoms with Gasteiger partial charge in [-0.1, -0.05) is 29.3 Å². The summed E-state index contributed by atoms with van der Waals surface area (Å²) in [6.07, 6.45) is 0.547. The fourth-order valence-electron chi connectivity index (χ4n) is 2.93. The maximum Gasteiger partial charge on any atom is 0.309 e. The summed E-state index contributed by atoms with van der Waals surface area (Å²) in [6.45, 7) is 2.19. The number of rotatable bonds is 5. The van der Waals surface area contributed by atoms with Gasteiger partial charge in [-0.05, 0) is 17.7 Å². The Labute approximate surface area is 172 Å². The summed E-state index contributed by atoms with van der Waals surface area (Å²) in [5.74, 6) is -0.700. The Morgan fingerprint density at radius 2 is 2.19 bits per heavy atom. The Morgan fingerprint density at radius 1 is 1.38 bits per heavy atom. The van der Waals surface area contributed by atoms with Gasteiger partial charge in [0.1, 0.15) is 0 Å². The van der Waals surface area contributed by atoms with Crippen molar-refractivity contribution >= 4 is 52.9 Å². The summed E-state index contributed by atoms with van der Waals surface area (Å²) in [5, 5.41) is 16.0. The Kier molecular flexibility index (Phi) is 8.13. The number of aliphatic carboxylic acids is 1. The minimum absolute atomic E-state index is 0. The second kappa shape index (κ2) is 9.88. The van der Waals surface area contributed by atoms with E-state index in [2.05, 4.69) is 10.3 Å². The molecule has 1 aliphatic heterocycles. The van der Waals surface area contributed by atoms with Crippen molar-refractivity contribution in [2.45, 2.75) is 18.9 Å². The maximum atomic E-state index is 10.8. The average Bonchev–Trinajstić information content (AvgIpc) is 2.85. The summed E-state index contributed by atoms with van der Waals surface area (Å²) in [7, 11) is 0. The molecule has 0 aliphatic carbocycles. The van der Waals surface area contributed by atoms with E-state index in [0.717, 1.165) is 23.7 Å². The first kappa shape index (κ1) is 21.4. The van der Waals surface area contributed by atoms with Crippen molar-refractivity contribution in [3.63, 3.8) is 0 Å². The van der Waals surface area contributed by atoms with Crippen LogP contribution in [0, 0.1) is 5.92 Å². The number of carboxylic acids is 1. The molecule has 0 saturated carbocycles. The number of nitrogens with one attached hydrogen (secondary N) is 1. The fourth-order valence-corrected chi connectivity index (χ4v) is 4.12. The number of carboxylic acid groups (broad SMARTS) is 1. The predicted molar refractivity (Wildman–Crippen MR) is 106 cm³/mol. The lowest BCUT2D eigenvalue weighted by atomic mass is 9.93. The van der Waals surface area contributed by atoms with E-state index in [1.165, 1.54) is 11.3 Å². The van der Waals surface area contributed by atoms with E-state index >= 15 is 0 Å². The van der Waals surface area contributed by atoms with Crippen molar-refractivity contribution in [3.8, 4) is 0 Å². The Morgan fingerprint density at radius 3 is 2.92 bits per heavy atom. The monoisotopic (exact) mass is 436 g/mol. The van der Waals surface area contributed by atoms with Gasteiger partial charge in [-0.3, -0.25) is 4.79 Å². The third-order valence-electron chi connectivity index (χ3n) is 4.05. The van der Waals surface area contributed by atoms with Crippen molar-refractivity contribution in [1.29, 1.82) is 0 Å². The van der Waals surface area contributed by atoms with Gasteiger partial charge < -0.3 is 15.2 Å². The number of benzene rings is 1. The molecule has 1 fully saturated rings. The van der Waals surface area contributed by atoms with Crippen LogP contribution in [-0.2, 0) is 22.4 Å². The lowest BCUT2D eigenvalue weighted by Crippen LogP contribution is -2.26. The van der Waals surface area contributed by atoms with E-state index in [1.807, 2.05) is 17.5 Å². The Bertz CT molecular complexity index is 757. The first-order valence-electron chi connectivity index (χ1n) is 7.95. The van der Waals surface area contributed by atoms with Crippen LogP contribution in [-0.4, -0.2) is 35.8 Å². The van der Waals surface area contributed by atoms with Crippen molar-refractivity contribution < 1.29 is 14.6 Å². The van der Waals surface area contributed by atoms with Gasteiger partial charge in [-0.15, -0.1) is 23.7 Å². The van der Waals surface area contributed by atoms with Crippen molar-refractivity contribution in [2.75, 3.05) is 19.7 Å². The van der Waals surface area contributed by atoms with Crippen LogP contribution < -0.4 is 5.32 Å². The van der Waals surface area contributed by atoms with Gasteiger partial charge in [0.2, 0.25) is 0 Å². The smallest absolute Gasteiger partial charge is 0.309 e. The van der Waals surface area contributed by atoms with Crippen molar-refractivity contribution in [1.82, 2.24) is 10.3 Å². The molecule has 2 atom stereocenters. The Hall–Kier alpha value is -0.890. The largest absolute Gasteiger partial charge is 0.481 e. The van der Waals surface area contributed by atoms with E-state index in [4.69, 9.17) is 33.0 Å². The Balaban J connectivity index is 0.00000243. The van der Waals surface area contributed by atoms with Crippen LogP contribution in [0.15, 0.2) is 23.6 Å². The first-order chi connectivity index (χ1) is 12.0. The fraction of sp³-hybridized carbons (Fsp3) is 0.412. The van der Waals surface area contributed by atoms with Crippen molar-refractivity contribution in [2.24, 2.45) is 5.92 Å². The van der Waals surface area contributed by atoms with Crippen LogP contribution >= 0.6 is 46.9 Å². The van der Waals surface area contributed by atoms with Gasteiger partial charge in [0.05, 0.1) is 39.9 Å². The summed E-state index contributed by atoms with van der Waals surface area (Å²) in [5.41, 5.74) is 1.59. The second-order valence-electron chi connectivity index (χ2n) is 5.94. The van der Waals surface area contributed by atoms with Gasteiger partial charge in [-0.25, -0.2) is 4.98 Å². The molecule has 2 aromatic rings. The minimum Gasteiger partial charge on any atom is -0.481 e. The van der Waals surface area contributed by atoms with Crippen molar-refractivity contribution in [3.05, 3.63) is 49.9 Å². The SMILES string of the molecule is Cl.O=C(O)Cc1csc(C[C@@H]2CNCCO[C@H]2c2ccc(Cl)c(Cl)c2)n1. The van der Waals surface area contributed by atoms with Gasteiger partial charge in [0.25, 0.3) is 0 Å². The lowest BCUT2D eigenvalue weighted by molar-refractivity contribution is -0.136. The molecule has 1 aromatic carbocycles. The van der Waals surface area contributed by atoms with Crippen LogP contribution in [0.25, 0.3) is 0 Å². The molecule has 0 bridgehead atoms. The highest BCUT2D eigenvalue weighted by Gasteiger charge is 2.27. The van der Waals surface area contributed by atoms with E-state index < -0.39 is 5.97 Å². The highest BCUT2D eigenvalue weighted by molar-refractivity contribution is 7.09. The van der Waals surface area contributed by atoms with E-state index in [-0.39, 0.29) is 30.8 Å². The standard InChI is InChI=1S/C17H18Cl2N2O3S.ClH/c18-13-2-1-10(5-14(13)19)17-11(8-20-3-4-24-17)6-15-21-12(9-25-15)7-16(22)23;/h1-2,5,9,11,17,20H,3-4,6-8H2,(H,22,23);1H/t11-,17+;/m1./s1. The summed E-state index contributed by atoms with van der Waals surface area (Å²) in [6, 6.07) is 5.58. The molecule has 5 nitrogen and oxygen atoms in total. The molecule has 2 heterocycles. The zero-order valence-electron chi connectivity index (χ0n) is 13.8. The number of halogens is 3. The summed E-state index contributed by atoms with van der Waals surface area (Å²) < 4.78 is 6.06. The number of carbonyl (C=O) groups is 1. The highest BCUT2D eigenvalue weighted by atomic mass is 35.5. The van der Waals surface area contributed by atoms with Gasteiger partial charge in [-0.2, -0.15) is 0 Å². The van der Waals surface area contributed by atoms with Gasteiger partial charge >= 0.3 is 5.97 Å². The van der Waals surface area contributed by atoms with E-state index in [0.29, 0.717) is 28.8 Å². The molecule has 0 radical (unpaired) electrons. The zero-order valence-corrected chi connectivity index (χ0v) is 16.9. The first-order valence-corrected chi connectivity index (χ1v) is 9.59. The number of thiazole rings is 1. The van der Waals surface area contributed by atoms with Crippen LogP contribution in [0.5, 0.6) is 0 Å². The van der Waals surface area contributed by atoms with Crippen LogP contribution in [0.1, 0.15) is 22.4 Å². The molecular weight excluding hydrogens is 419 g/mol. The zero-order chi connectivity index (χ0) is 17.8. The van der Waals surface area contributed by atoms with Crippen LogP contribution in [0.3, 0.4) is 0 Å². The van der Waals surface area contributed by atoms with Crippen LogP contribution in [0.2, 0.25) is 10.0 Å². The molecule has 0 amide bonds. The molecule has 1 aromatic heterocycles. The summed E-state index contributed by atoms with van der Waals surface area (Å²) >= 11 is 13.7. The highest BCUT2D eigenvalue weighted by Crippen LogP contribution is 2.34. The number of hydrogen-bond acceptors (Lipinski definition) is 5. The normalized spacial score (nSPS) is 20.2. The van der Waals surface area contributed by atoms with Gasteiger partial charge in [0, 0.05) is 30.8 Å². The third kappa shape index (κ3) is 5.55. The second-order valence-corrected chi connectivity index (χ2v) is 7.69. The predicted octanol–water partition coefficient (Wildman–Crippen LogP) is 4.02. The molecular formula is C17H19Cl3N2O3S. The van der Waals surface area contributed by atoms with E-state index in [9.17, 15) is 4.79 Å². The molecule has 9 heteroatoms. The average molecular weight is 438 g/mol. The van der Waals surface area contributed by atoms with Crippen LogP contribution in [0.4, 0.5) is 0 Å². The minimum atomic E-state index is -0.870. The lowest BCUT2D eigenvalue weighted by Gasteiger charge is -2.24. The third-order valence-corrected chi connectivity index (χ3v) is 5.71. The number of hydrogen-bond donors (Lipinski definition) is 2. The number of aromatic nitrogens is 1. The molecule has 0 spiro atoms. The van der Waals surface area contributed by atoms with E-state index in [1.54, 1.807) is 6.07 Å². The molecule has 2 N–H and O–H groups in total. The molecule has 1 saturated heterocycles. The molecule has 26 heavy (non-hydrogen) atoms. The molecule has 1 aliphatic rings. The topological polar surface area (TPSA) is 71.5 Å². The summed E-state index contributed by atoms with van der Waals surface area (Å²) in [4.78, 5) is 15.3. The van der Waals surface area contributed by atoms with Gasteiger partial charge in [0.15, 0.2) is 0 Å². The maximum absolute atomic E-state index is 10.8. The number of nitrogens with zero attached hydrogens (tertiary/aromatic N) is 1. The number of ether oxygens (including phenoxy) is 1. The molecule has 142 valence electrons.